The summed E-state index contributed by atoms with van der Waals surface area (Å²) in [6.07, 6.45) is 0.763. The van der Waals surface area contributed by atoms with E-state index in [1.165, 1.54) is 11.3 Å². The molecule has 0 aromatic carbocycles. The fraction of sp³-hybridized carbons (Fsp3) is 0.583. The first-order valence-corrected chi connectivity index (χ1v) is 7.15. The van der Waals surface area contributed by atoms with Crippen LogP contribution in [0.15, 0.2) is 0 Å². The van der Waals surface area contributed by atoms with Crippen LogP contribution in [0.2, 0.25) is 0 Å². The van der Waals surface area contributed by atoms with E-state index in [1.807, 2.05) is 11.8 Å². The minimum atomic E-state index is -0.491. The second-order valence-electron chi connectivity index (χ2n) is 4.15. The van der Waals surface area contributed by atoms with Crippen LogP contribution in [0.5, 0.6) is 0 Å². The Hall–Kier alpha value is -1.63. The van der Waals surface area contributed by atoms with Crippen molar-refractivity contribution in [2.45, 2.75) is 33.2 Å². The molecule has 0 bridgehead atoms. The van der Waals surface area contributed by atoms with Gasteiger partial charge in [-0.05, 0) is 6.92 Å². The third kappa shape index (κ3) is 3.23. The first kappa shape index (κ1) is 13.8. The lowest BCUT2D eigenvalue weighted by molar-refractivity contribution is -0.131. The number of rotatable bonds is 3. The molecule has 0 saturated heterocycles. The number of ether oxygens (including phenoxy) is 1. The fourth-order valence-corrected chi connectivity index (χ4v) is 2.95. The Kier molecular flexibility index (Phi) is 4.36. The SMILES string of the molecule is CCOC(=O)Nc1nc2c(s1)CN(C(=O)CC)CC2. The van der Waals surface area contributed by atoms with E-state index in [2.05, 4.69) is 10.3 Å². The van der Waals surface area contributed by atoms with Crippen molar-refractivity contribution in [3.63, 3.8) is 0 Å². The normalized spacial score (nSPS) is 13.9. The maximum Gasteiger partial charge on any atom is 0.413 e. The van der Waals surface area contributed by atoms with E-state index in [4.69, 9.17) is 4.74 Å². The van der Waals surface area contributed by atoms with Gasteiger partial charge in [0.2, 0.25) is 5.91 Å². The van der Waals surface area contributed by atoms with Gasteiger partial charge in [0.1, 0.15) is 0 Å². The van der Waals surface area contributed by atoms with Crippen LogP contribution in [-0.4, -0.2) is 35.0 Å². The number of carbonyl (C=O) groups excluding carboxylic acids is 2. The van der Waals surface area contributed by atoms with Crippen molar-refractivity contribution >= 4 is 28.5 Å². The van der Waals surface area contributed by atoms with Gasteiger partial charge in [-0.15, -0.1) is 0 Å². The number of carbonyl (C=O) groups is 2. The lowest BCUT2D eigenvalue weighted by Crippen LogP contribution is -2.34. The Morgan fingerprint density at radius 1 is 1.47 bits per heavy atom. The molecule has 19 heavy (non-hydrogen) atoms. The number of nitrogens with one attached hydrogen (secondary N) is 1. The topological polar surface area (TPSA) is 71.5 Å². The van der Waals surface area contributed by atoms with Gasteiger partial charge >= 0.3 is 6.09 Å². The average molecular weight is 283 g/mol. The van der Waals surface area contributed by atoms with Crippen molar-refractivity contribution in [2.24, 2.45) is 0 Å². The smallest absolute Gasteiger partial charge is 0.413 e. The van der Waals surface area contributed by atoms with E-state index < -0.39 is 6.09 Å². The summed E-state index contributed by atoms with van der Waals surface area (Å²) in [4.78, 5) is 30.2. The molecule has 6 nitrogen and oxygen atoms in total. The van der Waals surface area contributed by atoms with Crippen LogP contribution in [0.25, 0.3) is 0 Å². The Bertz CT molecular complexity index is 487. The van der Waals surface area contributed by atoms with Crippen LogP contribution in [0.1, 0.15) is 30.8 Å². The zero-order chi connectivity index (χ0) is 13.8. The summed E-state index contributed by atoms with van der Waals surface area (Å²) in [5.74, 6) is 0.152. The molecule has 7 heteroatoms. The molecule has 104 valence electrons. The number of fused-ring (bicyclic) bond motifs is 1. The highest BCUT2D eigenvalue weighted by atomic mass is 32.1. The molecule has 1 aromatic heterocycles. The zero-order valence-electron chi connectivity index (χ0n) is 11.1. The molecule has 0 saturated carbocycles. The second kappa shape index (κ2) is 6.01. The monoisotopic (exact) mass is 283 g/mol. The quantitative estimate of drug-likeness (QED) is 0.921. The summed E-state index contributed by atoms with van der Waals surface area (Å²) in [6.45, 7) is 5.22. The predicted octanol–water partition coefficient (Wildman–Crippen LogP) is 2.01. The Morgan fingerprint density at radius 3 is 2.95 bits per heavy atom. The first-order valence-electron chi connectivity index (χ1n) is 6.34. The van der Waals surface area contributed by atoms with Crippen LogP contribution in [0, 0.1) is 0 Å². The van der Waals surface area contributed by atoms with Crippen LogP contribution >= 0.6 is 11.3 Å². The molecular formula is C12H17N3O3S. The molecule has 0 unspecified atom stereocenters. The van der Waals surface area contributed by atoms with Gasteiger partial charge in [0.25, 0.3) is 0 Å². The lowest BCUT2D eigenvalue weighted by atomic mass is 10.1. The Balaban J connectivity index is 2.04. The van der Waals surface area contributed by atoms with Gasteiger partial charge in [-0.2, -0.15) is 0 Å². The predicted molar refractivity (Wildman–Crippen MR) is 72.2 cm³/mol. The second-order valence-corrected chi connectivity index (χ2v) is 5.24. The largest absolute Gasteiger partial charge is 0.450 e. The van der Waals surface area contributed by atoms with E-state index in [0.29, 0.717) is 31.2 Å². The van der Waals surface area contributed by atoms with Crippen LogP contribution in [0.3, 0.4) is 0 Å². The van der Waals surface area contributed by atoms with E-state index in [1.54, 1.807) is 6.92 Å². The van der Waals surface area contributed by atoms with Crippen molar-refractivity contribution < 1.29 is 14.3 Å². The lowest BCUT2D eigenvalue weighted by Gasteiger charge is -2.25. The maximum absolute atomic E-state index is 11.7. The van der Waals surface area contributed by atoms with Crippen LogP contribution < -0.4 is 5.32 Å². The van der Waals surface area contributed by atoms with E-state index >= 15 is 0 Å². The fourth-order valence-electron chi connectivity index (χ4n) is 1.94. The van der Waals surface area contributed by atoms with Gasteiger partial charge < -0.3 is 9.64 Å². The summed E-state index contributed by atoms with van der Waals surface area (Å²) < 4.78 is 4.81. The van der Waals surface area contributed by atoms with Crippen molar-refractivity contribution in [3.8, 4) is 0 Å². The highest BCUT2D eigenvalue weighted by Gasteiger charge is 2.23. The minimum Gasteiger partial charge on any atom is -0.450 e. The number of anilines is 1. The third-order valence-electron chi connectivity index (χ3n) is 2.87. The number of amides is 2. The van der Waals surface area contributed by atoms with Gasteiger partial charge in [-0.25, -0.2) is 9.78 Å². The molecule has 0 atom stereocenters. The highest BCUT2D eigenvalue weighted by molar-refractivity contribution is 7.15. The third-order valence-corrected chi connectivity index (χ3v) is 3.87. The Morgan fingerprint density at radius 2 is 2.26 bits per heavy atom. The standard InChI is InChI=1S/C12H17N3O3S/c1-3-10(16)15-6-5-8-9(7-15)19-11(13-8)14-12(17)18-4-2/h3-7H2,1-2H3,(H,13,14,17). The summed E-state index contributed by atoms with van der Waals surface area (Å²) in [5.41, 5.74) is 0.969. The molecule has 0 spiro atoms. The number of hydrogen-bond acceptors (Lipinski definition) is 5. The molecule has 0 aliphatic carbocycles. The van der Waals surface area contributed by atoms with E-state index in [-0.39, 0.29) is 5.91 Å². The zero-order valence-corrected chi connectivity index (χ0v) is 11.9. The molecule has 0 radical (unpaired) electrons. The van der Waals surface area contributed by atoms with Gasteiger partial charge in [-0.1, -0.05) is 18.3 Å². The van der Waals surface area contributed by atoms with Gasteiger partial charge in [-0.3, -0.25) is 10.1 Å². The summed E-state index contributed by atoms with van der Waals surface area (Å²) in [6, 6.07) is 0. The highest BCUT2D eigenvalue weighted by Crippen LogP contribution is 2.28. The Labute approximate surface area is 115 Å². The van der Waals surface area contributed by atoms with Gasteiger partial charge in [0, 0.05) is 24.3 Å². The molecule has 1 N–H and O–H groups in total. The summed E-state index contributed by atoms with van der Waals surface area (Å²) >= 11 is 1.40. The molecular weight excluding hydrogens is 266 g/mol. The number of aromatic nitrogens is 1. The van der Waals surface area contributed by atoms with Crippen molar-refractivity contribution in [1.29, 1.82) is 0 Å². The van der Waals surface area contributed by atoms with Crippen molar-refractivity contribution in [3.05, 3.63) is 10.6 Å². The molecule has 2 rings (SSSR count). The maximum atomic E-state index is 11.7. The first-order chi connectivity index (χ1) is 9.13. The number of thiazole rings is 1. The number of hydrogen-bond donors (Lipinski definition) is 1. The minimum absolute atomic E-state index is 0.152. The average Bonchev–Trinajstić information content (AvgIpc) is 2.78. The molecule has 0 fully saturated rings. The van der Waals surface area contributed by atoms with Crippen molar-refractivity contribution in [2.75, 3.05) is 18.5 Å². The molecule has 1 aliphatic rings. The molecule has 1 aromatic rings. The van der Waals surface area contributed by atoms with Crippen LogP contribution in [0.4, 0.5) is 9.93 Å². The number of nitrogens with zero attached hydrogens (tertiary/aromatic N) is 2. The van der Waals surface area contributed by atoms with E-state index in [0.717, 1.165) is 17.0 Å². The van der Waals surface area contributed by atoms with Crippen molar-refractivity contribution in [1.82, 2.24) is 9.88 Å². The van der Waals surface area contributed by atoms with E-state index in [9.17, 15) is 9.59 Å². The molecule has 2 heterocycles. The summed E-state index contributed by atoms with van der Waals surface area (Å²) in [5, 5.41) is 3.14. The van der Waals surface area contributed by atoms with Crippen LogP contribution in [-0.2, 0) is 22.5 Å². The van der Waals surface area contributed by atoms with Gasteiger partial charge in [0.15, 0.2) is 5.13 Å². The summed E-state index contributed by atoms with van der Waals surface area (Å²) in [7, 11) is 0. The van der Waals surface area contributed by atoms with Gasteiger partial charge in [0.05, 0.1) is 18.8 Å². The molecule has 2 amide bonds. The molecule has 1 aliphatic heterocycles.